The molecule has 5 heteroatoms. The largest absolute Gasteiger partial charge is 0.287 e. The molecule has 0 saturated carbocycles. The van der Waals surface area contributed by atoms with Gasteiger partial charge in [-0.15, -0.1) is 0 Å². The number of carbonyl (C=O) groups excluding carboxylic acids is 2. The Labute approximate surface area is 86.5 Å². The monoisotopic (exact) mass is 212 g/mol. The molecule has 1 N–H and O–H groups in total. The van der Waals surface area contributed by atoms with Gasteiger partial charge in [0, 0.05) is 24.3 Å². The second kappa shape index (κ2) is 4.62. The van der Waals surface area contributed by atoms with Crippen LogP contribution in [0.5, 0.6) is 0 Å². The van der Waals surface area contributed by atoms with Crippen LogP contribution in [0.2, 0.25) is 0 Å². The Morgan fingerprint density at radius 3 is 2.36 bits per heavy atom. The fourth-order valence-corrected chi connectivity index (χ4v) is 1.10. The first-order valence-corrected chi connectivity index (χ1v) is 4.27. The number of hydrogen-bond acceptors (Lipinski definition) is 2. The zero-order valence-corrected chi connectivity index (χ0v) is 8.28. The topological polar surface area (TPSA) is 49.4 Å². The van der Waals surface area contributed by atoms with E-state index in [2.05, 4.69) is 5.43 Å². The van der Waals surface area contributed by atoms with Crippen LogP contribution in [-0.2, 0) is 4.79 Å². The van der Waals surface area contributed by atoms with Crippen LogP contribution in [0.1, 0.15) is 17.3 Å². The Hall–Kier alpha value is -1.55. The highest BCUT2D eigenvalue weighted by Crippen LogP contribution is 2.04. The van der Waals surface area contributed by atoms with Crippen LogP contribution in [-0.4, -0.2) is 16.3 Å². The van der Waals surface area contributed by atoms with E-state index in [0.29, 0.717) is 10.1 Å². The molecule has 4 nitrogen and oxygen atoms in total. The summed E-state index contributed by atoms with van der Waals surface area (Å²) in [5, 5.41) is 0. The van der Waals surface area contributed by atoms with Crippen LogP contribution >= 0.6 is 11.8 Å². The highest BCUT2D eigenvalue weighted by atomic mass is 35.5. The highest BCUT2D eigenvalue weighted by molar-refractivity contribution is 6.24. The van der Waals surface area contributed by atoms with Crippen molar-refractivity contribution in [2.45, 2.75) is 6.92 Å². The molecule has 0 bridgehead atoms. The zero-order valence-electron chi connectivity index (χ0n) is 7.53. The van der Waals surface area contributed by atoms with Crippen molar-refractivity contribution < 1.29 is 9.59 Å². The molecule has 0 aliphatic heterocycles. The van der Waals surface area contributed by atoms with Crippen molar-refractivity contribution in [1.82, 2.24) is 9.95 Å². The number of benzene rings is 1. The van der Waals surface area contributed by atoms with Crippen LogP contribution in [0.3, 0.4) is 0 Å². The molecule has 1 aromatic rings. The molecule has 0 fully saturated rings. The lowest BCUT2D eigenvalue weighted by molar-refractivity contribution is -0.121. The first kappa shape index (κ1) is 10.5. The Kier molecular flexibility index (Phi) is 3.48. The van der Waals surface area contributed by atoms with E-state index >= 15 is 0 Å². The standard InChI is InChI=1S/C9H9ClN2O2/c1-7(13)11-12(10)9(14)8-5-3-2-4-6-8/h2-6H,1H3,(H,11,13). The average Bonchev–Trinajstić information content (AvgIpc) is 2.17. The van der Waals surface area contributed by atoms with E-state index < -0.39 is 11.8 Å². The van der Waals surface area contributed by atoms with Crippen LogP contribution in [0.4, 0.5) is 0 Å². The second-order valence-electron chi connectivity index (χ2n) is 2.62. The lowest BCUT2D eigenvalue weighted by Gasteiger charge is -2.12. The molecular formula is C9H9ClN2O2. The normalized spacial score (nSPS) is 9.29. The van der Waals surface area contributed by atoms with E-state index in [0.717, 1.165) is 0 Å². The highest BCUT2D eigenvalue weighted by Gasteiger charge is 2.13. The Morgan fingerprint density at radius 2 is 1.86 bits per heavy atom. The van der Waals surface area contributed by atoms with Gasteiger partial charge in [-0.05, 0) is 12.1 Å². The number of carbonyl (C=O) groups is 2. The number of amides is 2. The fourth-order valence-electron chi connectivity index (χ4n) is 0.883. The molecule has 74 valence electrons. The van der Waals surface area contributed by atoms with Gasteiger partial charge in [0.2, 0.25) is 5.91 Å². The van der Waals surface area contributed by atoms with Crippen LogP contribution < -0.4 is 5.43 Å². The zero-order chi connectivity index (χ0) is 10.6. The molecule has 0 aromatic heterocycles. The summed E-state index contributed by atoms with van der Waals surface area (Å²) < 4.78 is 0.637. The number of nitrogens with one attached hydrogen (secondary N) is 1. The van der Waals surface area contributed by atoms with Gasteiger partial charge in [-0.25, -0.2) is 5.43 Å². The van der Waals surface area contributed by atoms with Crippen LogP contribution in [0, 0.1) is 0 Å². The molecule has 0 unspecified atom stereocenters. The van der Waals surface area contributed by atoms with Crippen LogP contribution in [0.15, 0.2) is 30.3 Å². The van der Waals surface area contributed by atoms with E-state index in [1.54, 1.807) is 30.3 Å². The molecule has 0 spiro atoms. The van der Waals surface area contributed by atoms with E-state index in [9.17, 15) is 9.59 Å². The lowest BCUT2D eigenvalue weighted by atomic mass is 10.2. The second-order valence-corrected chi connectivity index (χ2v) is 2.96. The molecule has 2 amide bonds. The van der Waals surface area contributed by atoms with Crippen molar-refractivity contribution >= 4 is 23.6 Å². The Balaban J connectivity index is 2.71. The van der Waals surface area contributed by atoms with E-state index in [4.69, 9.17) is 11.8 Å². The molecule has 0 radical (unpaired) electrons. The summed E-state index contributed by atoms with van der Waals surface area (Å²) in [4.78, 5) is 22.1. The minimum absolute atomic E-state index is 0.399. The summed E-state index contributed by atoms with van der Waals surface area (Å²) in [5.41, 5.74) is 2.56. The van der Waals surface area contributed by atoms with Crippen LogP contribution in [0.25, 0.3) is 0 Å². The van der Waals surface area contributed by atoms with Gasteiger partial charge in [-0.1, -0.05) is 18.2 Å². The molecule has 0 aliphatic rings. The first-order chi connectivity index (χ1) is 6.61. The van der Waals surface area contributed by atoms with Gasteiger partial charge in [0.25, 0.3) is 5.91 Å². The smallest absolute Gasteiger partial charge is 0.274 e. The number of nitrogens with zero attached hydrogens (tertiary/aromatic N) is 1. The lowest BCUT2D eigenvalue weighted by Crippen LogP contribution is -2.38. The van der Waals surface area contributed by atoms with Crippen molar-refractivity contribution in [3.05, 3.63) is 35.9 Å². The predicted octanol–water partition coefficient (Wildman–Crippen LogP) is 1.33. The van der Waals surface area contributed by atoms with Crippen molar-refractivity contribution in [1.29, 1.82) is 0 Å². The maximum absolute atomic E-state index is 11.5. The van der Waals surface area contributed by atoms with Gasteiger partial charge in [0.1, 0.15) is 0 Å². The summed E-state index contributed by atoms with van der Waals surface area (Å²) in [5.74, 6) is -0.869. The Bertz CT molecular complexity index is 340. The number of hydrogen-bond donors (Lipinski definition) is 1. The van der Waals surface area contributed by atoms with E-state index in [1.807, 2.05) is 0 Å². The van der Waals surface area contributed by atoms with Gasteiger partial charge in [-0.3, -0.25) is 9.59 Å². The maximum atomic E-state index is 11.5. The van der Waals surface area contributed by atoms with Gasteiger partial charge in [0.15, 0.2) is 0 Å². The third-order valence-electron chi connectivity index (χ3n) is 1.45. The first-order valence-electron chi connectivity index (χ1n) is 3.94. The summed E-state index contributed by atoms with van der Waals surface area (Å²) >= 11 is 5.51. The summed E-state index contributed by atoms with van der Waals surface area (Å²) in [6.07, 6.45) is 0. The van der Waals surface area contributed by atoms with E-state index in [1.165, 1.54) is 6.92 Å². The van der Waals surface area contributed by atoms with Gasteiger partial charge >= 0.3 is 0 Å². The van der Waals surface area contributed by atoms with Gasteiger partial charge < -0.3 is 0 Å². The third-order valence-corrected chi connectivity index (χ3v) is 1.69. The third kappa shape index (κ3) is 2.74. The molecule has 0 heterocycles. The quantitative estimate of drug-likeness (QED) is 0.564. The predicted molar refractivity (Wildman–Crippen MR) is 52.3 cm³/mol. The summed E-state index contributed by atoms with van der Waals surface area (Å²) in [6, 6.07) is 8.43. The molecule has 0 atom stereocenters. The van der Waals surface area contributed by atoms with Gasteiger partial charge in [0.05, 0.1) is 0 Å². The molecule has 0 saturated heterocycles. The van der Waals surface area contributed by atoms with Crippen molar-refractivity contribution in [3.63, 3.8) is 0 Å². The maximum Gasteiger partial charge on any atom is 0.287 e. The summed E-state index contributed by atoms with van der Waals surface area (Å²) in [7, 11) is 0. The van der Waals surface area contributed by atoms with Crippen molar-refractivity contribution in [2.24, 2.45) is 0 Å². The summed E-state index contributed by atoms with van der Waals surface area (Å²) in [6.45, 7) is 1.27. The minimum atomic E-state index is -0.470. The SMILES string of the molecule is CC(=O)NN(Cl)C(=O)c1ccccc1. The Morgan fingerprint density at radius 1 is 1.29 bits per heavy atom. The molecule has 0 aliphatic carbocycles. The molecule has 1 rings (SSSR count). The van der Waals surface area contributed by atoms with Crippen molar-refractivity contribution in [3.8, 4) is 0 Å². The fraction of sp³-hybridized carbons (Fsp3) is 0.111. The number of halogens is 1. The van der Waals surface area contributed by atoms with E-state index in [-0.39, 0.29) is 0 Å². The van der Waals surface area contributed by atoms with Gasteiger partial charge in [-0.2, -0.15) is 4.53 Å². The number of rotatable bonds is 1. The minimum Gasteiger partial charge on any atom is -0.274 e. The van der Waals surface area contributed by atoms with Crippen molar-refractivity contribution in [2.75, 3.05) is 0 Å². The molecular weight excluding hydrogens is 204 g/mol. The average molecular weight is 213 g/mol. The number of hydrazine groups is 1. The molecule has 14 heavy (non-hydrogen) atoms. The molecule has 1 aromatic carbocycles.